The Morgan fingerprint density at radius 1 is 1.26 bits per heavy atom. The highest BCUT2D eigenvalue weighted by Crippen LogP contribution is 2.18. The topological polar surface area (TPSA) is 65.2 Å². The minimum Gasteiger partial charge on any atom is -0.381 e. The van der Waals surface area contributed by atoms with Gasteiger partial charge in [0.25, 0.3) is 0 Å². The molecular formula is C12H21N5O2. The normalized spacial score (nSPS) is 26.1. The first kappa shape index (κ1) is 12.8. The molecule has 0 bridgehead atoms. The van der Waals surface area contributed by atoms with Crippen molar-refractivity contribution in [3.63, 3.8) is 0 Å². The van der Waals surface area contributed by atoms with Gasteiger partial charge in [-0.25, -0.2) is 4.79 Å². The van der Waals surface area contributed by atoms with Crippen LogP contribution in [0.5, 0.6) is 0 Å². The maximum atomic E-state index is 12.3. The number of tetrazole rings is 1. The molecule has 1 unspecified atom stereocenters. The first-order valence-corrected chi connectivity index (χ1v) is 7.06. The summed E-state index contributed by atoms with van der Waals surface area (Å²) < 4.78 is 8.37. The number of likely N-dealkylation sites (tertiary alicyclic amines) is 1. The lowest BCUT2D eigenvalue weighted by Crippen LogP contribution is -2.36. The van der Waals surface area contributed by atoms with Gasteiger partial charge < -0.3 is 9.64 Å². The number of nitrogens with zero attached hydrogens (tertiary/aromatic N) is 5. The van der Waals surface area contributed by atoms with Gasteiger partial charge in [0.1, 0.15) is 0 Å². The minimum absolute atomic E-state index is 0.0767. The van der Waals surface area contributed by atoms with E-state index in [0.717, 1.165) is 25.8 Å². The fourth-order valence-corrected chi connectivity index (χ4v) is 2.97. The van der Waals surface area contributed by atoms with Crippen molar-refractivity contribution in [3.8, 4) is 0 Å². The standard InChI is InChI=1S/C12H21N5O2/c1-15-6-2-3-11(15)9-16-12(18)17(14-13-16)10-4-7-19-8-5-10/h10-11H,2-9H2,1H3. The Morgan fingerprint density at radius 3 is 2.74 bits per heavy atom. The first-order chi connectivity index (χ1) is 9.25. The van der Waals surface area contributed by atoms with Crippen molar-refractivity contribution in [2.45, 2.75) is 44.3 Å². The molecule has 1 aromatic rings. The summed E-state index contributed by atoms with van der Waals surface area (Å²) in [6, 6.07) is 0.564. The summed E-state index contributed by atoms with van der Waals surface area (Å²) in [5.41, 5.74) is -0.0767. The maximum absolute atomic E-state index is 12.3. The van der Waals surface area contributed by atoms with Crippen LogP contribution in [0.4, 0.5) is 0 Å². The molecule has 2 saturated heterocycles. The molecule has 7 heteroatoms. The molecule has 7 nitrogen and oxygen atoms in total. The van der Waals surface area contributed by atoms with Crippen molar-refractivity contribution in [3.05, 3.63) is 10.5 Å². The van der Waals surface area contributed by atoms with Gasteiger partial charge in [-0.2, -0.15) is 9.36 Å². The molecule has 0 saturated carbocycles. The third-order valence-corrected chi connectivity index (χ3v) is 4.25. The molecule has 106 valence electrons. The highest BCUT2D eigenvalue weighted by molar-refractivity contribution is 4.78. The van der Waals surface area contributed by atoms with Gasteiger partial charge in [-0.05, 0) is 49.7 Å². The van der Waals surface area contributed by atoms with Crippen LogP contribution in [0.3, 0.4) is 0 Å². The predicted molar refractivity (Wildman–Crippen MR) is 69.0 cm³/mol. The van der Waals surface area contributed by atoms with E-state index in [2.05, 4.69) is 22.4 Å². The maximum Gasteiger partial charge on any atom is 0.363 e. The van der Waals surface area contributed by atoms with Gasteiger partial charge >= 0.3 is 5.69 Å². The average Bonchev–Trinajstić information content (AvgIpc) is 2.99. The average molecular weight is 267 g/mol. The van der Waals surface area contributed by atoms with Gasteiger partial charge in [-0.3, -0.25) is 0 Å². The van der Waals surface area contributed by atoms with Gasteiger partial charge in [0.15, 0.2) is 0 Å². The van der Waals surface area contributed by atoms with Gasteiger partial charge in [-0.1, -0.05) is 0 Å². The van der Waals surface area contributed by atoms with Crippen LogP contribution < -0.4 is 5.69 Å². The summed E-state index contributed by atoms with van der Waals surface area (Å²) in [5, 5.41) is 8.09. The summed E-state index contributed by atoms with van der Waals surface area (Å²) in [5.74, 6) is 0. The lowest BCUT2D eigenvalue weighted by molar-refractivity contribution is 0.0646. The van der Waals surface area contributed by atoms with Crippen molar-refractivity contribution in [2.75, 3.05) is 26.8 Å². The molecule has 2 aliphatic rings. The lowest BCUT2D eigenvalue weighted by Gasteiger charge is -2.20. The lowest BCUT2D eigenvalue weighted by atomic mass is 10.1. The highest BCUT2D eigenvalue weighted by Gasteiger charge is 2.25. The zero-order valence-corrected chi connectivity index (χ0v) is 11.4. The number of hydrogen-bond acceptors (Lipinski definition) is 5. The molecule has 3 heterocycles. The van der Waals surface area contributed by atoms with Crippen LogP contribution >= 0.6 is 0 Å². The number of hydrogen-bond donors (Lipinski definition) is 0. The molecule has 1 atom stereocenters. The molecule has 3 rings (SSSR count). The van der Waals surface area contributed by atoms with E-state index in [1.807, 2.05) is 0 Å². The Kier molecular flexibility index (Phi) is 3.65. The van der Waals surface area contributed by atoms with Crippen LogP contribution in [0.25, 0.3) is 0 Å². The summed E-state index contributed by atoms with van der Waals surface area (Å²) >= 11 is 0. The van der Waals surface area contributed by atoms with E-state index in [-0.39, 0.29) is 11.7 Å². The molecule has 1 aromatic heterocycles. The van der Waals surface area contributed by atoms with E-state index >= 15 is 0 Å². The van der Waals surface area contributed by atoms with Crippen molar-refractivity contribution in [2.24, 2.45) is 0 Å². The van der Waals surface area contributed by atoms with E-state index < -0.39 is 0 Å². The summed E-state index contributed by atoms with van der Waals surface area (Å²) in [6.45, 7) is 3.16. The molecule has 0 radical (unpaired) electrons. The molecule has 0 spiro atoms. The van der Waals surface area contributed by atoms with E-state index in [1.165, 1.54) is 15.8 Å². The Bertz CT molecular complexity index is 477. The van der Waals surface area contributed by atoms with Crippen LogP contribution in [0.1, 0.15) is 31.7 Å². The Balaban J connectivity index is 1.73. The van der Waals surface area contributed by atoms with E-state index in [0.29, 0.717) is 25.8 Å². The molecule has 0 aromatic carbocycles. The fourth-order valence-electron chi connectivity index (χ4n) is 2.97. The van der Waals surface area contributed by atoms with Crippen molar-refractivity contribution in [1.29, 1.82) is 0 Å². The number of likely N-dealkylation sites (N-methyl/N-ethyl adjacent to an activating group) is 1. The SMILES string of the molecule is CN1CCCC1Cn1nnn(C2CCOCC2)c1=O. The summed E-state index contributed by atoms with van der Waals surface area (Å²) in [6.07, 6.45) is 4.03. The molecule has 19 heavy (non-hydrogen) atoms. The van der Waals surface area contributed by atoms with Crippen molar-refractivity contribution in [1.82, 2.24) is 24.7 Å². The number of aromatic nitrogens is 4. The van der Waals surface area contributed by atoms with Crippen molar-refractivity contribution >= 4 is 0 Å². The second-order valence-corrected chi connectivity index (χ2v) is 5.51. The zero-order valence-electron chi connectivity index (χ0n) is 11.4. The monoisotopic (exact) mass is 267 g/mol. The quantitative estimate of drug-likeness (QED) is 0.764. The molecule has 0 amide bonds. The Hall–Kier alpha value is -1.21. The van der Waals surface area contributed by atoms with Gasteiger partial charge in [0, 0.05) is 19.3 Å². The molecule has 0 aliphatic carbocycles. The van der Waals surface area contributed by atoms with Crippen LogP contribution in [-0.4, -0.2) is 57.5 Å². The number of rotatable bonds is 3. The molecular weight excluding hydrogens is 246 g/mol. The van der Waals surface area contributed by atoms with Crippen molar-refractivity contribution < 1.29 is 4.74 Å². The minimum atomic E-state index is -0.0767. The largest absolute Gasteiger partial charge is 0.381 e. The summed E-state index contributed by atoms with van der Waals surface area (Å²) in [7, 11) is 2.10. The van der Waals surface area contributed by atoms with Crippen LogP contribution in [0, 0.1) is 0 Å². The van der Waals surface area contributed by atoms with E-state index in [1.54, 1.807) is 0 Å². The number of ether oxygens (including phenoxy) is 1. The summed E-state index contributed by atoms with van der Waals surface area (Å²) in [4.78, 5) is 14.6. The zero-order chi connectivity index (χ0) is 13.2. The van der Waals surface area contributed by atoms with Gasteiger partial charge in [-0.15, -0.1) is 0 Å². The second kappa shape index (κ2) is 5.42. The fraction of sp³-hybridized carbons (Fsp3) is 0.917. The Labute approximate surface area is 112 Å². The van der Waals surface area contributed by atoms with E-state index in [9.17, 15) is 4.79 Å². The first-order valence-electron chi connectivity index (χ1n) is 7.06. The molecule has 0 N–H and O–H groups in total. The second-order valence-electron chi connectivity index (χ2n) is 5.51. The van der Waals surface area contributed by atoms with Crippen LogP contribution in [0.15, 0.2) is 4.79 Å². The predicted octanol–water partition coefficient (Wildman–Crippen LogP) is -0.114. The highest BCUT2D eigenvalue weighted by atomic mass is 16.5. The van der Waals surface area contributed by atoms with Crippen LogP contribution in [-0.2, 0) is 11.3 Å². The third kappa shape index (κ3) is 2.57. The molecule has 2 fully saturated rings. The Morgan fingerprint density at radius 2 is 2.05 bits per heavy atom. The van der Waals surface area contributed by atoms with Gasteiger partial charge in [0.05, 0.1) is 12.6 Å². The smallest absolute Gasteiger partial charge is 0.363 e. The van der Waals surface area contributed by atoms with E-state index in [4.69, 9.17) is 4.74 Å². The third-order valence-electron chi connectivity index (χ3n) is 4.25. The molecule has 2 aliphatic heterocycles. The van der Waals surface area contributed by atoms with Gasteiger partial charge in [0.2, 0.25) is 0 Å². The van der Waals surface area contributed by atoms with Crippen LogP contribution in [0.2, 0.25) is 0 Å².